The van der Waals surface area contributed by atoms with Crippen molar-refractivity contribution in [3.63, 3.8) is 0 Å². The number of nitrogens with zero attached hydrogens (tertiary/aromatic N) is 2. The third-order valence-electron chi connectivity index (χ3n) is 5.01. The van der Waals surface area contributed by atoms with Crippen LogP contribution in [0.25, 0.3) is 0 Å². The van der Waals surface area contributed by atoms with Gasteiger partial charge in [0.15, 0.2) is 0 Å². The first kappa shape index (κ1) is 21.6. The number of carbonyl (C=O) groups is 1. The summed E-state index contributed by atoms with van der Waals surface area (Å²) in [5.41, 5.74) is 1.15. The van der Waals surface area contributed by atoms with Crippen molar-refractivity contribution in [1.82, 2.24) is 15.2 Å². The Bertz CT molecular complexity index is 843. The lowest BCUT2D eigenvalue weighted by molar-refractivity contribution is -0.0631. The lowest BCUT2D eigenvalue weighted by Gasteiger charge is -2.37. The van der Waals surface area contributed by atoms with Gasteiger partial charge in [0, 0.05) is 32.5 Å². The van der Waals surface area contributed by atoms with Crippen molar-refractivity contribution in [2.45, 2.75) is 38.2 Å². The third kappa shape index (κ3) is 4.92. The number of piperidine rings is 1. The summed E-state index contributed by atoms with van der Waals surface area (Å²) >= 11 is 0.988. The molecule has 0 aliphatic carbocycles. The molecule has 1 unspecified atom stereocenters. The van der Waals surface area contributed by atoms with Gasteiger partial charge in [0.1, 0.15) is 11.5 Å². The van der Waals surface area contributed by atoms with Crippen LogP contribution in [0.5, 0.6) is 0 Å². The number of rotatable bonds is 6. The van der Waals surface area contributed by atoms with Crippen LogP contribution in [0.3, 0.4) is 0 Å². The van der Waals surface area contributed by atoms with Crippen LogP contribution >= 0.6 is 11.3 Å². The van der Waals surface area contributed by atoms with Crippen molar-refractivity contribution in [2.24, 2.45) is 0 Å². The maximum absolute atomic E-state index is 14.0. The van der Waals surface area contributed by atoms with E-state index in [1.165, 1.54) is 11.6 Å². The van der Waals surface area contributed by atoms with Crippen LogP contribution in [0.1, 0.15) is 51.8 Å². The van der Waals surface area contributed by atoms with Gasteiger partial charge in [-0.15, -0.1) is 11.3 Å². The number of alkyl halides is 4. The molecule has 2 heterocycles. The fourth-order valence-electron chi connectivity index (χ4n) is 3.42. The predicted octanol–water partition coefficient (Wildman–Crippen LogP) is 4.73. The summed E-state index contributed by atoms with van der Waals surface area (Å²) in [5.74, 6) is -4.17. The SMILES string of the molecule is Cc1cccc(F)c1C(=O)NCC(c1scnc1C(F)F)N1CCC(F)(F)CC1. The second-order valence-corrected chi connectivity index (χ2v) is 7.84. The van der Waals surface area contributed by atoms with E-state index in [0.29, 0.717) is 5.56 Å². The van der Waals surface area contributed by atoms with Gasteiger partial charge in [-0.1, -0.05) is 12.1 Å². The molecule has 0 radical (unpaired) electrons. The van der Waals surface area contributed by atoms with Gasteiger partial charge in [-0.05, 0) is 18.6 Å². The number of thiazole rings is 1. The van der Waals surface area contributed by atoms with Crippen molar-refractivity contribution in [3.05, 3.63) is 51.2 Å². The molecule has 1 aromatic carbocycles. The Hall–Kier alpha value is -2.07. The van der Waals surface area contributed by atoms with Crippen LogP contribution < -0.4 is 5.32 Å². The van der Waals surface area contributed by atoms with Gasteiger partial charge >= 0.3 is 0 Å². The molecule has 1 aromatic heterocycles. The van der Waals surface area contributed by atoms with Crippen LogP contribution in [-0.4, -0.2) is 41.3 Å². The summed E-state index contributed by atoms with van der Waals surface area (Å²) in [6.45, 7) is 1.44. The first-order chi connectivity index (χ1) is 13.7. The minimum Gasteiger partial charge on any atom is -0.350 e. The number of aromatic nitrogens is 1. The molecule has 1 atom stereocenters. The molecule has 1 aliphatic rings. The van der Waals surface area contributed by atoms with E-state index < -0.39 is 48.6 Å². The van der Waals surface area contributed by atoms with Crippen LogP contribution in [0.4, 0.5) is 22.0 Å². The molecule has 2 aromatic rings. The molecule has 10 heteroatoms. The molecule has 1 aliphatic heterocycles. The van der Waals surface area contributed by atoms with Crippen molar-refractivity contribution < 1.29 is 26.7 Å². The van der Waals surface area contributed by atoms with E-state index in [1.54, 1.807) is 17.9 Å². The van der Waals surface area contributed by atoms with E-state index in [9.17, 15) is 26.7 Å². The molecular formula is C19H20F5N3OS. The summed E-state index contributed by atoms with van der Waals surface area (Å²) in [4.78, 5) is 18.1. The van der Waals surface area contributed by atoms with Crippen LogP contribution in [0, 0.1) is 12.7 Å². The first-order valence-corrected chi connectivity index (χ1v) is 9.94. The smallest absolute Gasteiger partial charge is 0.281 e. The van der Waals surface area contributed by atoms with Gasteiger partial charge in [0.25, 0.3) is 18.3 Å². The maximum atomic E-state index is 14.0. The Labute approximate surface area is 168 Å². The summed E-state index contributed by atoms with van der Waals surface area (Å²) < 4.78 is 67.8. The fourth-order valence-corrected chi connectivity index (χ4v) is 4.36. The molecule has 1 N–H and O–H groups in total. The topological polar surface area (TPSA) is 45.2 Å². The first-order valence-electron chi connectivity index (χ1n) is 9.06. The number of hydrogen-bond donors (Lipinski definition) is 1. The van der Waals surface area contributed by atoms with Gasteiger partial charge in [-0.2, -0.15) is 0 Å². The number of hydrogen-bond acceptors (Lipinski definition) is 4. The number of amides is 1. The van der Waals surface area contributed by atoms with Gasteiger partial charge in [-0.25, -0.2) is 26.9 Å². The second kappa shape index (κ2) is 8.74. The van der Waals surface area contributed by atoms with E-state index in [0.717, 1.165) is 17.4 Å². The molecule has 4 nitrogen and oxygen atoms in total. The number of benzene rings is 1. The average Bonchev–Trinajstić information content (AvgIpc) is 3.12. The zero-order valence-electron chi connectivity index (χ0n) is 15.6. The zero-order chi connectivity index (χ0) is 21.2. The summed E-state index contributed by atoms with van der Waals surface area (Å²) in [5, 5.41) is 2.58. The van der Waals surface area contributed by atoms with Gasteiger partial charge in [0.05, 0.1) is 22.0 Å². The minimum atomic E-state index is -2.82. The summed E-state index contributed by atoms with van der Waals surface area (Å²) in [7, 11) is 0. The van der Waals surface area contributed by atoms with E-state index in [2.05, 4.69) is 10.3 Å². The Morgan fingerprint density at radius 1 is 1.31 bits per heavy atom. The van der Waals surface area contributed by atoms with Gasteiger partial charge in [0.2, 0.25) is 0 Å². The lowest BCUT2D eigenvalue weighted by Crippen LogP contribution is -2.45. The van der Waals surface area contributed by atoms with Crippen LogP contribution in [0.15, 0.2) is 23.7 Å². The number of nitrogens with one attached hydrogen (secondary N) is 1. The normalized spacial score (nSPS) is 18.0. The highest BCUT2D eigenvalue weighted by atomic mass is 32.1. The number of likely N-dealkylation sites (tertiary alicyclic amines) is 1. The molecule has 1 amide bonds. The fraction of sp³-hybridized carbons (Fsp3) is 0.474. The Balaban J connectivity index is 1.82. The van der Waals surface area contributed by atoms with Crippen LogP contribution in [-0.2, 0) is 0 Å². The molecule has 0 bridgehead atoms. The number of halogens is 5. The third-order valence-corrected chi connectivity index (χ3v) is 5.95. The molecule has 158 valence electrons. The number of carbonyl (C=O) groups excluding carboxylic acids is 1. The Morgan fingerprint density at radius 2 is 2.00 bits per heavy atom. The van der Waals surface area contributed by atoms with Crippen molar-refractivity contribution in [3.8, 4) is 0 Å². The Morgan fingerprint density at radius 3 is 2.62 bits per heavy atom. The maximum Gasteiger partial charge on any atom is 0.281 e. The van der Waals surface area contributed by atoms with Crippen molar-refractivity contribution in [1.29, 1.82) is 0 Å². The molecular weight excluding hydrogens is 413 g/mol. The van der Waals surface area contributed by atoms with Crippen LogP contribution in [0.2, 0.25) is 0 Å². The lowest BCUT2D eigenvalue weighted by atomic mass is 10.0. The standard InChI is InChI=1S/C19H20F5N3OS/c1-11-3-2-4-12(20)14(11)18(28)25-9-13(16-15(17(21)22)26-10-29-16)27-7-5-19(23,24)6-8-27/h2-4,10,13,17H,5-9H2,1H3,(H,25,28). The zero-order valence-corrected chi connectivity index (χ0v) is 16.4. The quantitative estimate of drug-likeness (QED) is 0.670. The molecule has 0 spiro atoms. The van der Waals surface area contributed by atoms with Crippen molar-refractivity contribution >= 4 is 17.2 Å². The highest BCUT2D eigenvalue weighted by molar-refractivity contribution is 7.09. The van der Waals surface area contributed by atoms with Gasteiger partial charge in [-0.3, -0.25) is 9.69 Å². The molecule has 29 heavy (non-hydrogen) atoms. The molecule has 1 fully saturated rings. The predicted molar refractivity (Wildman–Crippen MR) is 99.0 cm³/mol. The highest BCUT2D eigenvalue weighted by Crippen LogP contribution is 2.37. The van der Waals surface area contributed by atoms with E-state index in [1.807, 2.05) is 0 Å². The summed E-state index contributed by atoms with van der Waals surface area (Å²) in [6, 6.07) is 3.47. The second-order valence-electron chi connectivity index (χ2n) is 6.95. The summed E-state index contributed by atoms with van der Waals surface area (Å²) in [6.07, 6.45) is -3.62. The van der Waals surface area contributed by atoms with E-state index in [-0.39, 0.29) is 30.1 Å². The molecule has 1 saturated heterocycles. The van der Waals surface area contributed by atoms with Gasteiger partial charge < -0.3 is 5.32 Å². The highest BCUT2D eigenvalue weighted by Gasteiger charge is 2.38. The number of aryl methyl sites for hydroxylation is 1. The monoisotopic (exact) mass is 433 g/mol. The Kier molecular flexibility index (Phi) is 6.52. The van der Waals surface area contributed by atoms with Crippen molar-refractivity contribution in [2.75, 3.05) is 19.6 Å². The van der Waals surface area contributed by atoms with E-state index >= 15 is 0 Å². The minimum absolute atomic E-state index is 0.00710. The molecule has 0 saturated carbocycles. The average molecular weight is 433 g/mol. The van der Waals surface area contributed by atoms with E-state index in [4.69, 9.17) is 0 Å². The largest absolute Gasteiger partial charge is 0.350 e. The molecule has 3 rings (SSSR count).